The Hall–Kier alpha value is -1.36. The number of anilines is 2. The van der Waals surface area contributed by atoms with E-state index in [2.05, 4.69) is 20.2 Å². The molecule has 1 aliphatic rings. The molecule has 5 heteroatoms. The lowest BCUT2D eigenvalue weighted by atomic mass is 10.0. The van der Waals surface area contributed by atoms with E-state index < -0.39 is 0 Å². The van der Waals surface area contributed by atoms with Gasteiger partial charge >= 0.3 is 0 Å². The quantitative estimate of drug-likeness (QED) is 0.789. The predicted octanol–water partition coefficient (Wildman–Crippen LogP) is 0.725. The number of aromatic nitrogens is 2. The fourth-order valence-electron chi connectivity index (χ4n) is 2.03. The predicted molar refractivity (Wildman–Crippen MR) is 63.6 cm³/mol. The molecule has 1 aliphatic heterocycles. The monoisotopic (exact) mass is 222 g/mol. The van der Waals surface area contributed by atoms with Gasteiger partial charge in [-0.25, -0.2) is 4.98 Å². The van der Waals surface area contributed by atoms with Gasteiger partial charge in [-0.2, -0.15) is 4.98 Å². The highest BCUT2D eigenvalue weighted by atomic mass is 16.3. The molecular formula is C11H18N4O. The van der Waals surface area contributed by atoms with Crippen molar-refractivity contribution in [3.63, 3.8) is 0 Å². The number of nitrogens with zero attached hydrogens (tertiary/aromatic N) is 3. The third-order valence-corrected chi connectivity index (χ3v) is 3.10. The Kier molecular flexibility index (Phi) is 3.24. The van der Waals surface area contributed by atoms with E-state index in [9.17, 15) is 5.11 Å². The maximum absolute atomic E-state index is 9.55. The molecule has 0 amide bonds. The summed E-state index contributed by atoms with van der Waals surface area (Å²) in [5.74, 6) is 1.92. The second-order valence-electron chi connectivity index (χ2n) is 4.22. The largest absolute Gasteiger partial charge is 0.393 e. The van der Waals surface area contributed by atoms with Crippen LogP contribution in [0.5, 0.6) is 0 Å². The van der Waals surface area contributed by atoms with Crippen LogP contribution in [-0.2, 0) is 0 Å². The average molecular weight is 222 g/mol. The summed E-state index contributed by atoms with van der Waals surface area (Å²) in [6.07, 6.45) is 2.54. The molecule has 0 saturated carbocycles. The minimum atomic E-state index is -0.240. The van der Waals surface area contributed by atoms with Gasteiger partial charge in [-0.3, -0.25) is 0 Å². The number of rotatable bonds is 3. The number of aliphatic hydroxyl groups excluding tert-OH is 1. The van der Waals surface area contributed by atoms with E-state index in [0.29, 0.717) is 11.9 Å². The summed E-state index contributed by atoms with van der Waals surface area (Å²) in [6, 6.07) is 1.91. The van der Waals surface area contributed by atoms with E-state index in [1.165, 1.54) is 0 Å². The van der Waals surface area contributed by atoms with Crippen LogP contribution in [0.25, 0.3) is 0 Å². The van der Waals surface area contributed by atoms with Crippen LogP contribution in [-0.4, -0.2) is 41.3 Å². The first kappa shape index (κ1) is 11.1. The highest BCUT2D eigenvalue weighted by Crippen LogP contribution is 2.24. The van der Waals surface area contributed by atoms with Crippen molar-refractivity contribution < 1.29 is 5.11 Å². The van der Waals surface area contributed by atoms with Crippen molar-refractivity contribution in [1.82, 2.24) is 9.97 Å². The Morgan fingerprint density at radius 3 is 3.06 bits per heavy atom. The summed E-state index contributed by atoms with van der Waals surface area (Å²) < 4.78 is 0. The summed E-state index contributed by atoms with van der Waals surface area (Å²) in [4.78, 5) is 10.7. The minimum absolute atomic E-state index is 0.240. The molecular weight excluding hydrogens is 204 g/mol. The molecule has 0 radical (unpaired) electrons. The van der Waals surface area contributed by atoms with Gasteiger partial charge in [-0.05, 0) is 19.4 Å². The lowest BCUT2D eigenvalue weighted by Gasteiger charge is -2.18. The van der Waals surface area contributed by atoms with Gasteiger partial charge in [0.1, 0.15) is 5.82 Å². The number of nitrogens with one attached hydrogen (secondary N) is 1. The molecule has 2 heterocycles. The first-order valence-electron chi connectivity index (χ1n) is 5.64. The lowest BCUT2D eigenvalue weighted by Crippen LogP contribution is -2.24. The van der Waals surface area contributed by atoms with E-state index in [0.717, 1.165) is 25.3 Å². The van der Waals surface area contributed by atoms with E-state index in [1.54, 1.807) is 6.20 Å². The fourth-order valence-corrected chi connectivity index (χ4v) is 2.03. The van der Waals surface area contributed by atoms with E-state index >= 15 is 0 Å². The van der Waals surface area contributed by atoms with Crippen molar-refractivity contribution in [3.05, 3.63) is 12.3 Å². The first-order chi connectivity index (χ1) is 7.70. The number of hydrogen-bond donors (Lipinski definition) is 2. The number of hydrogen-bond acceptors (Lipinski definition) is 5. The molecule has 1 fully saturated rings. The summed E-state index contributed by atoms with van der Waals surface area (Å²) in [7, 11) is 1.81. The Morgan fingerprint density at radius 2 is 2.44 bits per heavy atom. The first-order valence-corrected chi connectivity index (χ1v) is 5.64. The summed E-state index contributed by atoms with van der Waals surface area (Å²) in [6.45, 7) is 3.68. The Bertz CT molecular complexity index is 356. The van der Waals surface area contributed by atoms with Crippen LogP contribution in [0.1, 0.15) is 13.3 Å². The molecule has 2 rings (SSSR count). The van der Waals surface area contributed by atoms with Crippen molar-refractivity contribution in [2.24, 2.45) is 5.92 Å². The van der Waals surface area contributed by atoms with Crippen LogP contribution in [0.4, 0.5) is 11.8 Å². The Morgan fingerprint density at radius 1 is 1.62 bits per heavy atom. The second kappa shape index (κ2) is 4.65. The molecule has 5 nitrogen and oxygen atoms in total. The summed E-state index contributed by atoms with van der Waals surface area (Å²) >= 11 is 0. The van der Waals surface area contributed by atoms with Gasteiger partial charge in [0.25, 0.3) is 0 Å². The van der Waals surface area contributed by atoms with Crippen molar-refractivity contribution in [1.29, 1.82) is 0 Å². The van der Waals surface area contributed by atoms with Crippen molar-refractivity contribution >= 4 is 11.8 Å². The normalized spacial score (nSPS) is 22.2. The maximum atomic E-state index is 9.55. The molecule has 2 unspecified atom stereocenters. The van der Waals surface area contributed by atoms with Gasteiger partial charge in [0.05, 0.1) is 6.10 Å². The molecule has 1 aromatic heterocycles. The van der Waals surface area contributed by atoms with Crippen LogP contribution in [0.2, 0.25) is 0 Å². The molecule has 88 valence electrons. The van der Waals surface area contributed by atoms with Crippen LogP contribution in [0, 0.1) is 5.92 Å². The fraction of sp³-hybridized carbons (Fsp3) is 0.636. The van der Waals surface area contributed by atoms with E-state index in [1.807, 2.05) is 20.0 Å². The van der Waals surface area contributed by atoms with Gasteiger partial charge in [0.15, 0.2) is 0 Å². The Balaban J connectivity index is 2.08. The molecule has 0 spiro atoms. The zero-order valence-electron chi connectivity index (χ0n) is 9.72. The second-order valence-corrected chi connectivity index (χ2v) is 4.22. The molecule has 1 saturated heterocycles. The van der Waals surface area contributed by atoms with E-state index in [4.69, 9.17) is 0 Å². The van der Waals surface area contributed by atoms with Gasteiger partial charge in [-0.15, -0.1) is 0 Å². The van der Waals surface area contributed by atoms with Gasteiger partial charge in [0, 0.05) is 32.3 Å². The third kappa shape index (κ3) is 2.24. The molecule has 2 atom stereocenters. The highest BCUT2D eigenvalue weighted by molar-refractivity contribution is 5.43. The van der Waals surface area contributed by atoms with Crippen LogP contribution < -0.4 is 10.2 Å². The lowest BCUT2D eigenvalue weighted by molar-refractivity contribution is 0.136. The van der Waals surface area contributed by atoms with Crippen molar-refractivity contribution in [2.45, 2.75) is 19.4 Å². The molecule has 16 heavy (non-hydrogen) atoms. The van der Waals surface area contributed by atoms with Gasteiger partial charge in [0.2, 0.25) is 5.95 Å². The zero-order valence-corrected chi connectivity index (χ0v) is 9.72. The summed E-state index contributed by atoms with van der Waals surface area (Å²) in [5, 5.41) is 12.5. The minimum Gasteiger partial charge on any atom is -0.393 e. The SMILES string of the molecule is CNc1nccc(N2CCC(C(C)O)C2)n1. The molecule has 1 aromatic rings. The molecule has 2 N–H and O–H groups in total. The third-order valence-electron chi connectivity index (χ3n) is 3.10. The van der Waals surface area contributed by atoms with Crippen LogP contribution in [0.15, 0.2) is 12.3 Å². The van der Waals surface area contributed by atoms with Gasteiger partial charge in [-0.1, -0.05) is 0 Å². The van der Waals surface area contributed by atoms with Gasteiger partial charge < -0.3 is 15.3 Å². The summed E-state index contributed by atoms with van der Waals surface area (Å²) in [5.41, 5.74) is 0. The van der Waals surface area contributed by atoms with Crippen LogP contribution in [0.3, 0.4) is 0 Å². The number of aliphatic hydroxyl groups is 1. The molecule has 0 aromatic carbocycles. The zero-order chi connectivity index (χ0) is 11.5. The standard InChI is InChI=1S/C11H18N4O/c1-8(16)9-4-6-15(7-9)10-3-5-13-11(12-2)14-10/h3,5,8-9,16H,4,6-7H2,1-2H3,(H,12,13,14). The van der Waals surface area contributed by atoms with Crippen molar-refractivity contribution in [3.8, 4) is 0 Å². The van der Waals surface area contributed by atoms with Crippen LogP contribution >= 0.6 is 0 Å². The highest BCUT2D eigenvalue weighted by Gasteiger charge is 2.26. The topological polar surface area (TPSA) is 61.3 Å². The molecule has 0 aliphatic carbocycles. The van der Waals surface area contributed by atoms with E-state index in [-0.39, 0.29) is 6.10 Å². The maximum Gasteiger partial charge on any atom is 0.224 e. The molecule has 0 bridgehead atoms. The smallest absolute Gasteiger partial charge is 0.224 e. The Labute approximate surface area is 95.5 Å². The average Bonchev–Trinajstić information content (AvgIpc) is 2.78. The van der Waals surface area contributed by atoms with Crippen molar-refractivity contribution in [2.75, 3.05) is 30.4 Å².